The molecule has 96 valence electrons. The van der Waals surface area contributed by atoms with Gasteiger partial charge in [-0.1, -0.05) is 25.4 Å². The molecule has 3 N–H and O–H groups in total. The van der Waals surface area contributed by atoms with Crippen molar-refractivity contribution >= 4 is 23.0 Å². The van der Waals surface area contributed by atoms with Gasteiger partial charge < -0.3 is 15.8 Å². The van der Waals surface area contributed by atoms with Gasteiger partial charge in [-0.3, -0.25) is 0 Å². The summed E-state index contributed by atoms with van der Waals surface area (Å²) in [6.45, 7) is 4.68. The Bertz CT molecular complexity index is 385. The standard InChI is InChI=1S/C12H18ClFN2O/c1-7(2)12(6-17-3)16-11-4-8(13)9(14)5-10(11)15/h4-5,7,12,16H,6,15H2,1-3H3. The Labute approximate surface area is 106 Å². The van der Waals surface area contributed by atoms with Crippen molar-refractivity contribution in [2.24, 2.45) is 5.92 Å². The Balaban J connectivity index is 2.89. The minimum Gasteiger partial charge on any atom is -0.397 e. The third-order valence-corrected chi connectivity index (χ3v) is 2.87. The molecule has 0 aliphatic carbocycles. The zero-order valence-corrected chi connectivity index (χ0v) is 11.0. The summed E-state index contributed by atoms with van der Waals surface area (Å²) in [5.41, 5.74) is 6.71. The first-order valence-corrected chi connectivity index (χ1v) is 5.83. The maximum absolute atomic E-state index is 13.1. The summed E-state index contributed by atoms with van der Waals surface area (Å²) in [6, 6.07) is 2.82. The highest BCUT2D eigenvalue weighted by molar-refractivity contribution is 6.31. The largest absolute Gasteiger partial charge is 0.397 e. The van der Waals surface area contributed by atoms with Crippen molar-refractivity contribution < 1.29 is 9.13 Å². The molecule has 0 amide bonds. The van der Waals surface area contributed by atoms with Crippen molar-refractivity contribution in [2.45, 2.75) is 19.9 Å². The Morgan fingerprint density at radius 1 is 1.47 bits per heavy atom. The van der Waals surface area contributed by atoms with E-state index in [9.17, 15) is 4.39 Å². The summed E-state index contributed by atoms with van der Waals surface area (Å²) in [4.78, 5) is 0. The van der Waals surface area contributed by atoms with E-state index in [0.717, 1.165) is 0 Å². The predicted molar refractivity (Wildman–Crippen MR) is 69.9 cm³/mol. The second-order valence-corrected chi connectivity index (χ2v) is 4.71. The molecule has 0 radical (unpaired) electrons. The van der Waals surface area contributed by atoms with E-state index >= 15 is 0 Å². The number of benzene rings is 1. The number of anilines is 2. The normalized spacial score (nSPS) is 12.8. The quantitative estimate of drug-likeness (QED) is 0.800. The summed E-state index contributed by atoms with van der Waals surface area (Å²) in [5, 5.41) is 3.27. The average molecular weight is 261 g/mol. The highest BCUT2D eigenvalue weighted by Crippen LogP contribution is 2.27. The number of ether oxygens (including phenoxy) is 1. The first kappa shape index (κ1) is 14.1. The highest BCUT2D eigenvalue weighted by Gasteiger charge is 2.15. The molecular weight excluding hydrogens is 243 g/mol. The van der Waals surface area contributed by atoms with Gasteiger partial charge in [-0.15, -0.1) is 0 Å². The fourth-order valence-electron chi connectivity index (χ4n) is 1.47. The van der Waals surface area contributed by atoms with E-state index in [0.29, 0.717) is 23.9 Å². The lowest BCUT2D eigenvalue weighted by atomic mass is 10.0. The number of hydrogen-bond acceptors (Lipinski definition) is 3. The summed E-state index contributed by atoms with van der Waals surface area (Å²) < 4.78 is 18.3. The topological polar surface area (TPSA) is 47.3 Å². The molecule has 0 fully saturated rings. The van der Waals surface area contributed by atoms with Crippen molar-refractivity contribution in [3.05, 3.63) is 23.0 Å². The average Bonchev–Trinajstić information content (AvgIpc) is 2.24. The van der Waals surface area contributed by atoms with Crippen LogP contribution in [0.1, 0.15) is 13.8 Å². The predicted octanol–water partition coefficient (Wildman–Crippen LogP) is 3.14. The molecule has 0 heterocycles. The van der Waals surface area contributed by atoms with Gasteiger partial charge in [0.25, 0.3) is 0 Å². The molecule has 17 heavy (non-hydrogen) atoms. The Morgan fingerprint density at radius 3 is 2.65 bits per heavy atom. The Kier molecular flexibility index (Phi) is 5.02. The van der Waals surface area contributed by atoms with Gasteiger partial charge in [0, 0.05) is 13.2 Å². The van der Waals surface area contributed by atoms with Crippen LogP contribution in [0.15, 0.2) is 12.1 Å². The van der Waals surface area contributed by atoms with Gasteiger partial charge in [-0.25, -0.2) is 4.39 Å². The number of nitrogens with two attached hydrogens (primary N) is 1. The number of halogens is 2. The third-order valence-electron chi connectivity index (χ3n) is 2.58. The number of hydrogen-bond donors (Lipinski definition) is 2. The SMILES string of the molecule is COCC(Nc1cc(Cl)c(F)cc1N)C(C)C. The van der Waals surface area contributed by atoms with Gasteiger partial charge in [0.05, 0.1) is 29.0 Å². The van der Waals surface area contributed by atoms with Crippen LogP contribution in [0.3, 0.4) is 0 Å². The van der Waals surface area contributed by atoms with E-state index in [-0.39, 0.29) is 11.1 Å². The summed E-state index contributed by atoms with van der Waals surface area (Å²) >= 11 is 5.72. The first-order valence-electron chi connectivity index (χ1n) is 5.45. The minimum atomic E-state index is -0.512. The molecule has 5 heteroatoms. The van der Waals surface area contributed by atoms with E-state index in [1.807, 2.05) is 0 Å². The highest BCUT2D eigenvalue weighted by atomic mass is 35.5. The van der Waals surface area contributed by atoms with Gasteiger partial charge in [-0.2, -0.15) is 0 Å². The number of nitrogen functional groups attached to an aromatic ring is 1. The molecule has 0 saturated carbocycles. The molecule has 0 aliphatic rings. The summed E-state index contributed by atoms with van der Waals surface area (Å²) in [6.07, 6.45) is 0. The molecule has 0 aliphatic heterocycles. The zero-order valence-electron chi connectivity index (χ0n) is 10.3. The maximum Gasteiger partial charge on any atom is 0.143 e. The van der Waals surface area contributed by atoms with Crippen LogP contribution in [-0.4, -0.2) is 19.8 Å². The molecular formula is C12H18ClFN2O. The maximum atomic E-state index is 13.1. The van der Waals surface area contributed by atoms with Gasteiger partial charge >= 0.3 is 0 Å². The van der Waals surface area contributed by atoms with Gasteiger partial charge in [-0.05, 0) is 12.0 Å². The molecule has 0 bridgehead atoms. The summed E-state index contributed by atoms with van der Waals surface area (Å²) in [7, 11) is 1.64. The second-order valence-electron chi connectivity index (χ2n) is 4.30. The Morgan fingerprint density at radius 2 is 2.12 bits per heavy atom. The van der Waals surface area contributed by atoms with Crippen LogP contribution in [0.2, 0.25) is 5.02 Å². The Hall–Kier alpha value is -1.00. The van der Waals surface area contributed by atoms with Crippen LogP contribution in [0.4, 0.5) is 15.8 Å². The van der Waals surface area contributed by atoms with Crippen LogP contribution < -0.4 is 11.1 Å². The fourth-order valence-corrected chi connectivity index (χ4v) is 1.63. The van der Waals surface area contributed by atoms with Crippen LogP contribution in [0.25, 0.3) is 0 Å². The molecule has 1 aromatic carbocycles. The lowest BCUT2D eigenvalue weighted by Gasteiger charge is -2.23. The van der Waals surface area contributed by atoms with Gasteiger partial charge in [0.15, 0.2) is 0 Å². The number of rotatable bonds is 5. The van der Waals surface area contributed by atoms with E-state index in [1.165, 1.54) is 12.1 Å². The first-order chi connectivity index (χ1) is 7.95. The smallest absolute Gasteiger partial charge is 0.143 e. The van der Waals surface area contributed by atoms with Gasteiger partial charge in [0.2, 0.25) is 0 Å². The third kappa shape index (κ3) is 3.75. The van der Waals surface area contributed by atoms with Crippen LogP contribution in [-0.2, 0) is 4.74 Å². The molecule has 0 spiro atoms. The number of methoxy groups -OCH3 is 1. The van der Waals surface area contributed by atoms with Crippen molar-refractivity contribution in [1.82, 2.24) is 0 Å². The molecule has 1 atom stereocenters. The zero-order chi connectivity index (χ0) is 13.0. The van der Waals surface area contributed by atoms with Crippen LogP contribution in [0.5, 0.6) is 0 Å². The van der Waals surface area contributed by atoms with Crippen LogP contribution in [0, 0.1) is 11.7 Å². The molecule has 0 aromatic heterocycles. The molecule has 3 nitrogen and oxygen atoms in total. The molecule has 1 aromatic rings. The lowest BCUT2D eigenvalue weighted by molar-refractivity contribution is 0.171. The number of nitrogens with one attached hydrogen (secondary N) is 1. The molecule has 1 rings (SSSR count). The van der Waals surface area contributed by atoms with E-state index in [4.69, 9.17) is 22.1 Å². The van der Waals surface area contributed by atoms with E-state index in [2.05, 4.69) is 19.2 Å². The minimum absolute atomic E-state index is 0.0571. The van der Waals surface area contributed by atoms with Crippen molar-refractivity contribution in [3.63, 3.8) is 0 Å². The lowest BCUT2D eigenvalue weighted by Crippen LogP contribution is -2.30. The van der Waals surface area contributed by atoms with Crippen LogP contribution >= 0.6 is 11.6 Å². The fraction of sp³-hybridized carbons (Fsp3) is 0.500. The second kappa shape index (κ2) is 6.07. The summed E-state index contributed by atoms with van der Waals surface area (Å²) in [5.74, 6) is -0.152. The van der Waals surface area contributed by atoms with Crippen molar-refractivity contribution in [1.29, 1.82) is 0 Å². The molecule has 0 saturated heterocycles. The van der Waals surface area contributed by atoms with Gasteiger partial charge in [0.1, 0.15) is 5.82 Å². The molecule has 1 unspecified atom stereocenters. The van der Waals surface area contributed by atoms with Crippen molar-refractivity contribution in [3.8, 4) is 0 Å². The van der Waals surface area contributed by atoms with E-state index in [1.54, 1.807) is 7.11 Å². The van der Waals surface area contributed by atoms with Crippen molar-refractivity contribution in [2.75, 3.05) is 24.8 Å². The van der Waals surface area contributed by atoms with E-state index < -0.39 is 5.82 Å². The monoisotopic (exact) mass is 260 g/mol.